The number of ether oxygens (including phenoxy) is 1. The van der Waals surface area contributed by atoms with E-state index in [1.165, 1.54) is 0 Å². The maximum Gasteiger partial charge on any atom is 0.320 e. The number of benzene rings is 1. The van der Waals surface area contributed by atoms with Gasteiger partial charge < -0.3 is 24.3 Å². The Bertz CT molecular complexity index is 861. The minimum absolute atomic E-state index is 0.0263. The lowest BCUT2D eigenvalue weighted by molar-refractivity contribution is -0.126. The number of carbonyl (C=O) groups is 2. The number of nitrogens with one attached hydrogen (secondary N) is 1. The van der Waals surface area contributed by atoms with Crippen LogP contribution in [0.1, 0.15) is 42.6 Å². The van der Waals surface area contributed by atoms with Gasteiger partial charge >= 0.3 is 6.03 Å². The number of urea groups is 1. The van der Waals surface area contributed by atoms with Gasteiger partial charge in [0.05, 0.1) is 18.8 Å². The Labute approximate surface area is 183 Å². The van der Waals surface area contributed by atoms with Crippen LogP contribution < -0.4 is 5.32 Å². The number of furan rings is 1. The van der Waals surface area contributed by atoms with Crippen LogP contribution in [0.4, 0.5) is 4.79 Å². The first-order valence-electron chi connectivity index (χ1n) is 11.2. The first kappa shape index (κ1) is 21.4. The lowest BCUT2D eigenvalue weighted by Crippen LogP contribution is -2.49. The Morgan fingerprint density at radius 2 is 1.81 bits per heavy atom. The van der Waals surface area contributed by atoms with E-state index in [9.17, 15) is 9.59 Å². The number of amides is 3. The molecule has 0 saturated carbocycles. The van der Waals surface area contributed by atoms with E-state index in [2.05, 4.69) is 5.32 Å². The van der Waals surface area contributed by atoms with Gasteiger partial charge in [0.15, 0.2) is 0 Å². The number of hydrogen-bond acceptors (Lipinski definition) is 4. The van der Waals surface area contributed by atoms with Crippen LogP contribution in [0.3, 0.4) is 0 Å². The summed E-state index contributed by atoms with van der Waals surface area (Å²) in [6.07, 6.45) is 5.50. The number of likely N-dealkylation sites (tertiary alicyclic amines) is 2. The average Bonchev–Trinajstić information content (AvgIpc) is 3.52. The first-order valence-corrected chi connectivity index (χ1v) is 11.2. The predicted molar refractivity (Wildman–Crippen MR) is 116 cm³/mol. The van der Waals surface area contributed by atoms with Crippen LogP contribution in [-0.2, 0) is 29.3 Å². The molecule has 31 heavy (non-hydrogen) atoms. The summed E-state index contributed by atoms with van der Waals surface area (Å²) < 4.78 is 11.0. The number of hydrogen-bond donors (Lipinski definition) is 1. The minimum atomic E-state index is -0.139. The van der Waals surface area contributed by atoms with E-state index in [1.807, 2.05) is 46.2 Å². The third-order valence-corrected chi connectivity index (χ3v) is 5.99. The SMILES string of the molecule is O=C(NCc1cccc(COCc2ccco2)c1)C1CCCN(C(=O)N2CCCC2)C1. The van der Waals surface area contributed by atoms with Crippen molar-refractivity contribution in [3.05, 3.63) is 59.5 Å². The molecule has 166 valence electrons. The molecule has 0 radical (unpaired) electrons. The van der Waals surface area contributed by atoms with Gasteiger partial charge in [-0.1, -0.05) is 24.3 Å². The van der Waals surface area contributed by atoms with Crippen molar-refractivity contribution in [3.63, 3.8) is 0 Å². The van der Waals surface area contributed by atoms with Gasteiger partial charge in [-0.05, 0) is 48.9 Å². The van der Waals surface area contributed by atoms with Gasteiger partial charge in [-0.2, -0.15) is 0 Å². The zero-order valence-electron chi connectivity index (χ0n) is 17.9. The quantitative estimate of drug-likeness (QED) is 0.736. The molecular formula is C24H31N3O4. The molecule has 3 amide bonds. The summed E-state index contributed by atoms with van der Waals surface area (Å²) in [6, 6.07) is 11.9. The van der Waals surface area contributed by atoms with E-state index >= 15 is 0 Å². The standard InChI is InChI=1S/C24H31N3O4/c28-23(21-8-4-12-27(16-21)24(29)26-10-1-2-11-26)25-15-19-6-3-7-20(14-19)17-30-18-22-9-5-13-31-22/h3,5-7,9,13-14,21H,1-2,4,8,10-12,15-18H2,(H,25,28). The van der Waals surface area contributed by atoms with E-state index in [4.69, 9.17) is 9.15 Å². The molecule has 2 aliphatic rings. The van der Waals surface area contributed by atoms with Gasteiger partial charge in [0, 0.05) is 32.7 Å². The van der Waals surface area contributed by atoms with Crippen molar-refractivity contribution in [2.45, 2.75) is 45.4 Å². The fraction of sp³-hybridized carbons (Fsp3) is 0.500. The van der Waals surface area contributed by atoms with Gasteiger partial charge in [0.1, 0.15) is 12.4 Å². The summed E-state index contributed by atoms with van der Waals surface area (Å²) in [6.45, 7) is 4.34. The second-order valence-corrected chi connectivity index (χ2v) is 8.37. The van der Waals surface area contributed by atoms with Crippen LogP contribution in [0.2, 0.25) is 0 Å². The maximum atomic E-state index is 12.8. The van der Waals surface area contributed by atoms with Gasteiger partial charge in [-0.15, -0.1) is 0 Å². The van der Waals surface area contributed by atoms with Crippen molar-refractivity contribution >= 4 is 11.9 Å². The van der Waals surface area contributed by atoms with Crippen molar-refractivity contribution in [2.24, 2.45) is 5.92 Å². The fourth-order valence-electron chi connectivity index (χ4n) is 4.30. The first-order chi connectivity index (χ1) is 15.2. The molecule has 1 N–H and O–H groups in total. The molecule has 4 rings (SSSR count). The van der Waals surface area contributed by atoms with Crippen molar-refractivity contribution < 1.29 is 18.7 Å². The molecule has 2 saturated heterocycles. The Morgan fingerprint density at radius 3 is 2.61 bits per heavy atom. The molecule has 1 aromatic heterocycles. The number of carbonyl (C=O) groups excluding carboxylic acids is 2. The zero-order valence-corrected chi connectivity index (χ0v) is 17.9. The van der Waals surface area contributed by atoms with E-state index < -0.39 is 0 Å². The van der Waals surface area contributed by atoms with Crippen LogP contribution in [0.15, 0.2) is 47.1 Å². The largest absolute Gasteiger partial charge is 0.467 e. The molecule has 0 bridgehead atoms. The van der Waals surface area contributed by atoms with E-state index in [0.29, 0.717) is 26.3 Å². The van der Waals surface area contributed by atoms with Crippen molar-refractivity contribution in [1.29, 1.82) is 0 Å². The van der Waals surface area contributed by atoms with Crippen LogP contribution in [0.5, 0.6) is 0 Å². The average molecular weight is 426 g/mol. The van der Waals surface area contributed by atoms with E-state index in [1.54, 1.807) is 6.26 Å². The van der Waals surface area contributed by atoms with Crippen LogP contribution in [0, 0.1) is 5.92 Å². The maximum absolute atomic E-state index is 12.8. The Balaban J connectivity index is 1.23. The zero-order chi connectivity index (χ0) is 21.5. The highest BCUT2D eigenvalue weighted by Gasteiger charge is 2.31. The van der Waals surface area contributed by atoms with Crippen LogP contribution >= 0.6 is 0 Å². The van der Waals surface area contributed by atoms with Gasteiger partial charge in [0.2, 0.25) is 5.91 Å². The summed E-state index contributed by atoms with van der Waals surface area (Å²) in [7, 11) is 0. The number of rotatable bonds is 7. The minimum Gasteiger partial charge on any atom is -0.467 e. The third-order valence-electron chi connectivity index (χ3n) is 5.99. The number of nitrogens with zero attached hydrogens (tertiary/aromatic N) is 2. The third kappa shape index (κ3) is 5.88. The lowest BCUT2D eigenvalue weighted by atomic mass is 9.97. The van der Waals surface area contributed by atoms with Gasteiger partial charge in [-0.25, -0.2) is 4.79 Å². The predicted octanol–water partition coefficient (Wildman–Crippen LogP) is 3.54. The molecule has 0 aliphatic carbocycles. The molecule has 1 aromatic carbocycles. The molecule has 7 nitrogen and oxygen atoms in total. The van der Waals surface area contributed by atoms with Crippen LogP contribution in [0.25, 0.3) is 0 Å². The molecule has 3 heterocycles. The molecule has 2 aliphatic heterocycles. The summed E-state index contributed by atoms with van der Waals surface area (Å²) in [5.74, 6) is 0.687. The molecule has 1 atom stereocenters. The Kier molecular flexibility index (Phi) is 7.25. The topological polar surface area (TPSA) is 75.0 Å². The van der Waals surface area contributed by atoms with Crippen molar-refractivity contribution in [1.82, 2.24) is 15.1 Å². The van der Waals surface area contributed by atoms with Gasteiger partial charge in [-0.3, -0.25) is 4.79 Å². The van der Waals surface area contributed by atoms with Crippen molar-refractivity contribution in [2.75, 3.05) is 26.2 Å². The number of piperidine rings is 1. The second-order valence-electron chi connectivity index (χ2n) is 8.37. The fourth-order valence-corrected chi connectivity index (χ4v) is 4.30. The molecule has 7 heteroatoms. The monoisotopic (exact) mass is 425 g/mol. The molecular weight excluding hydrogens is 394 g/mol. The van der Waals surface area contributed by atoms with E-state index in [-0.39, 0.29) is 17.9 Å². The highest BCUT2D eigenvalue weighted by atomic mass is 16.5. The Morgan fingerprint density at radius 1 is 1.00 bits per heavy atom. The van der Waals surface area contributed by atoms with Gasteiger partial charge in [0.25, 0.3) is 0 Å². The summed E-state index contributed by atoms with van der Waals surface area (Å²) in [5.41, 5.74) is 2.09. The summed E-state index contributed by atoms with van der Waals surface area (Å²) >= 11 is 0. The summed E-state index contributed by atoms with van der Waals surface area (Å²) in [4.78, 5) is 29.2. The van der Waals surface area contributed by atoms with Crippen LogP contribution in [-0.4, -0.2) is 47.9 Å². The highest BCUT2D eigenvalue weighted by molar-refractivity contribution is 5.81. The normalized spacial score (nSPS) is 18.9. The summed E-state index contributed by atoms with van der Waals surface area (Å²) in [5, 5.41) is 3.06. The van der Waals surface area contributed by atoms with E-state index in [0.717, 1.165) is 62.2 Å². The van der Waals surface area contributed by atoms with Crippen molar-refractivity contribution in [3.8, 4) is 0 Å². The molecule has 2 fully saturated rings. The molecule has 1 unspecified atom stereocenters. The smallest absolute Gasteiger partial charge is 0.320 e. The molecule has 2 aromatic rings. The Hall–Kier alpha value is -2.80. The lowest BCUT2D eigenvalue weighted by Gasteiger charge is -2.34. The highest BCUT2D eigenvalue weighted by Crippen LogP contribution is 2.20. The second kappa shape index (κ2) is 10.5. The molecule has 0 spiro atoms.